The van der Waals surface area contributed by atoms with Crippen LogP contribution in [0, 0.1) is 11.8 Å². The van der Waals surface area contributed by atoms with Crippen LogP contribution in [0.25, 0.3) is 0 Å². The van der Waals surface area contributed by atoms with Crippen molar-refractivity contribution in [2.75, 3.05) is 39.6 Å². The lowest BCUT2D eigenvalue weighted by molar-refractivity contribution is -0.161. The summed E-state index contributed by atoms with van der Waals surface area (Å²) < 4.78 is 68.8. The summed E-state index contributed by atoms with van der Waals surface area (Å²) in [5.74, 6) is -0.563. The van der Waals surface area contributed by atoms with E-state index >= 15 is 0 Å². The van der Waals surface area contributed by atoms with Crippen LogP contribution < -0.4 is 0 Å². The fourth-order valence-electron chi connectivity index (χ4n) is 12.9. The molecule has 0 saturated heterocycles. The summed E-state index contributed by atoms with van der Waals surface area (Å²) in [4.78, 5) is 73.1. The second-order valence-electron chi connectivity index (χ2n) is 30.6. The molecule has 0 aliphatic carbocycles. The van der Waals surface area contributed by atoms with Gasteiger partial charge in [0.15, 0.2) is 12.2 Å². The number of phosphoric ester groups is 2. The summed E-state index contributed by atoms with van der Waals surface area (Å²) >= 11 is 0. The van der Waals surface area contributed by atoms with Gasteiger partial charge in [0.2, 0.25) is 0 Å². The first-order valence-corrected chi connectivity index (χ1v) is 46.0. The molecular weight excluding hydrogens is 1330 g/mol. The monoisotopic (exact) mass is 1490 g/mol. The van der Waals surface area contributed by atoms with Crippen LogP contribution in [0.5, 0.6) is 0 Å². The predicted molar refractivity (Wildman–Crippen MR) is 418 cm³/mol. The molecule has 0 saturated carbocycles. The van der Waals surface area contributed by atoms with Crippen LogP contribution in [0.3, 0.4) is 0 Å². The molecule has 6 atom stereocenters. The van der Waals surface area contributed by atoms with E-state index in [2.05, 4.69) is 41.5 Å². The SMILES string of the molecule is CCCCCCCCCCCCCCCCCCCCCCC(=O)O[C@H](COC(=O)CCCCCCCCCCCCCCCCCCC(C)C)COP(=O)(O)OC[C@@H](O)COP(=O)(O)OC[C@@H](COC(=O)CCCCCCCCC(C)CC)OC(=O)CCCCCCCCCCCCCCC. The van der Waals surface area contributed by atoms with Crippen LogP contribution >= 0.6 is 15.6 Å². The number of phosphoric acid groups is 2. The first-order valence-electron chi connectivity index (χ1n) is 43.0. The van der Waals surface area contributed by atoms with E-state index in [0.29, 0.717) is 25.7 Å². The number of ether oxygens (including phenoxy) is 4. The van der Waals surface area contributed by atoms with Gasteiger partial charge in [-0.2, -0.15) is 0 Å². The molecule has 3 N–H and O–H groups in total. The van der Waals surface area contributed by atoms with Gasteiger partial charge >= 0.3 is 39.5 Å². The lowest BCUT2D eigenvalue weighted by atomic mass is 10.00. The van der Waals surface area contributed by atoms with Crippen LogP contribution in [0.4, 0.5) is 0 Å². The number of esters is 4. The molecule has 0 spiro atoms. The van der Waals surface area contributed by atoms with Gasteiger partial charge in [-0.25, -0.2) is 9.13 Å². The largest absolute Gasteiger partial charge is 0.472 e. The lowest BCUT2D eigenvalue weighted by Gasteiger charge is -2.21. The van der Waals surface area contributed by atoms with Gasteiger partial charge < -0.3 is 33.8 Å². The van der Waals surface area contributed by atoms with Crippen molar-refractivity contribution in [2.24, 2.45) is 11.8 Å². The van der Waals surface area contributed by atoms with Gasteiger partial charge in [0.25, 0.3) is 0 Å². The fraction of sp³-hybridized carbons (Fsp3) is 0.952. The van der Waals surface area contributed by atoms with Crippen molar-refractivity contribution in [3.63, 3.8) is 0 Å². The molecule has 102 heavy (non-hydrogen) atoms. The molecule has 0 aromatic heterocycles. The standard InChI is InChI=1S/C83H162O17P2/c1-7-10-12-14-16-18-20-22-23-24-25-26-27-32-36-40-44-48-56-62-68-82(87)99-78(71-93-80(85)65-59-53-46-42-38-35-31-29-28-30-34-37-41-45-51-57-63-75(4)5)73-97-101(89,90)95-69-77(84)70-96-102(91,92)98-74-79(72-94-81(86)66-60-54-50-49-52-58-64-76(6)9-3)100-83(88)67-61-55-47-43-39-33-21-19-17-15-13-11-8-2/h75-79,84H,7-74H2,1-6H3,(H,89,90)(H,91,92)/t76?,77-,78-,79-/m1/s1. The third-order valence-electron chi connectivity index (χ3n) is 19.8. The van der Waals surface area contributed by atoms with E-state index in [1.165, 1.54) is 250 Å². The Kier molecular flexibility index (Phi) is 73.1. The summed E-state index contributed by atoms with van der Waals surface area (Å²) in [7, 11) is -9.92. The predicted octanol–water partition coefficient (Wildman–Crippen LogP) is 25.1. The van der Waals surface area contributed by atoms with Crippen LogP contribution in [0.15, 0.2) is 0 Å². The summed E-state index contributed by atoms with van der Waals surface area (Å²) in [5, 5.41) is 10.7. The Morgan fingerprint density at radius 2 is 0.500 bits per heavy atom. The highest BCUT2D eigenvalue weighted by Gasteiger charge is 2.30. The zero-order valence-corrected chi connectivity index (χ0v) is 68.7. The van der Waals surface area contributed by atoms with Crippen molar-refractivity contribution < 1.29 is 80.2 Å². The van der Waals surface area contributed by atoms with Gasteiger partial charge in [-0.15, -0.1) is 0 Å². The van der Waals surface area contributed by atoms with Gasteiger partial charge in [0.1, 0.15) is 19.3 Å². The summed E-state index contributed by atoms with van der Waals surface area (Å²) in [6.07, 6.45) is 65.3. The Balaban J connectivity index is 5.22. The summed E-state index contributed by atoms with van der Waals surface area (Å²) in [5.41, 5.74) is 0. The van der Waals surface area contributed by atoms with Crippen molar-refractivity contribution in [2.45, 2.75) is 458 Å². The van der Waals surface area contributed by atoms with Crippen molar-refractivity contribution in [1.29, 1.82) is 0 Å². The minimum Gasteiger partial charge on any atom is -0.462 e. The van der Waals surface area contributed by atoms with Crippen molar-refractivity contribution in [1.82, 2.24) is 0 Å². The van der Waals surface area contributed by atoms with Gasteiger partial charge in [-0.05, 0) is 37.5 Å². The molecule has 0 aromatic rings. The van der Waals surface area contributed by atoms with E-state index in [9.17, 15) is 43.2 Å². The first-order chi connectivity index (χ1) is 49.4. The van der Waals surface area contributed by atoms with Gasteiger partial charge in [0.05, 0.1) is 26.4 Å². The average molecular weight is 1490 g/mol. The summed E-state index contributed by atoms with van der Waals surface area (Å²) in [6, 6.07) is 0. The number of hydrogen-bond donors (Lipinski definition) is 3. The molecule has 0 amide bonds. The number of unbranched alkanes of at least 4 members (excludes halogenated alkanes) is 51. The molecule has 0 heterocycles. The smallest absolute Gasteiger partial charge is 0.462 e. The molecule has 3 unspecified atom stereocenters. The first kappa shape index (κ1) is 100. The quantitative estimate of drug-likeness (QED) is 0.0222. The molecule has 0 aliphatic heterocycles. The van der Waals surface area contributed by atoms with E-state index in [1.54, 1.807) is 0 Å². The van der Waals surface area contributed by atoms with Crippen LogP contribution in [-0.4, -0.2) is 96.7 Å². The molecule has 19 heteroatoms. The molecule has 0 rings (SSSR count). The molecule has 0 bridgehead atoms. The Bertz CT molecular complexity index is 1960. The normalized spacial score (nSPS) is 14.1. The summed E-state index contributed by atoms with van der Waals surface area (Å²) in [6.45, 7) is 9.64. The minimum absolute atomic E-state index is 0.107. The molecule has 0 fully saturated rings. The third-order valence-corrected chi connectivity index (χ3v) is 21.7. The van der Waals surface area contributed by atoms with E-state index in [4.69, 9.17) is 37.0 Å². The number of aliphatic hydroxyl groups is 1. The highest BCUT2D eigenvalue weighted by atomic mass is 31.2. The maximum atomic E-state index is 13.1. The Hall–Kier alpha value is -1.94. The molecule has 0 aromatic carbocycles. The second-order valence-corrected chi connectivity index (χ2v) is 33.5. The molecule has 606 valence electrons. The van der Waals surface area contributed by atoms with Crippen molar-refractivity contribution in [3.8, 4) is 0 Å². The fourth-order valence-corrected chi connectivity index (χ4v) is 14.4. The third kappa shape index (κ3) is 74.9. The van der Waals surface area contributed by atoms with E-state index in [0.717, 1.165) is 108 Å². The van der Waals surface area contributed by atoms with Gasteiger partial charge in [-0.1, -0.05) is 388 Å². The van der Waals surface area contributed by atoms with E-state index < -0.39 is 97.5 Å². The number of rotatable bonds is 82. The minimum atomic E-state index is -4.96. The highest BCUT2D eigenvalue weighted by Crippen LogP contribution is 2.45. The molecule has 17 nitrogen and oxygen atoms in total. The number of carbonyl (C=O) groups excluding carboxylic acids is 4. The average Bonchev–Trinajstić information content (AvgIpc) is 0.918. The molecule has 0 radical (unpaired) electrons. The number of carbonyl (C=O) groups is 4. The van der Waals surface area contributed by atoms with Gasteiger partial charge in [-0.3, -0.25) is 37.3 Å². The number of aliphatic hydroxyl groups excluding tert-OH is 1. The number of hydrogen-bond acceptors (Lipinski definition) is 15. The second kappa shape index (κ2) is 74.5. The maximum Gasteiger partial charge on any atom is 0.472 e. The van der Waals surface area contributed by atoms with E-state index in [-0.39, 0.29) is 25.7 Å². The van der Waals surface area contributed by atoms with Crippen LogP contribution in [0.1, 0.15) is 440 Å². The topological polar surface area (TPSA) is 237 Å². The molecule has 0 aliphatic rings. The zero-order chi connectivity index (χ0) is 74.9. The molecular formula is C83H162O17P2. The van der Waals surface area contributed by atoms with Crippen LogP contribution in [0.2, 0.25) is 0 Å². The maximum absolute atomic E-state index is 13.1. The van der Waals surface area contributed by atoms with Crippen LogP contribution in [-0.2, 0) is 65.4 Å². The van der Waals surface area contributed by atoms with E-state index in [1.807, 2.05) is 0 Å². The Morgan fingerprint density at radius 1 is 0.284 bits per heavy atom. The van der Waals surface area contributed by atoms with Gasteiger partial charge in [0, 0.05) is 25.7 Å². The highest BCUT2D eigenvalue weighted by molar-refractivity contribution is 7.47. The van der Waals surface area contributed by atoms with Crippen molar-refractivity contribution in [3.05, 3.63) is 0 Å². The van der Waals surface area contributed by atoms with Crippen molar-refractivity contribution >= 4 is 39.5 Å². The zero-order valence-electron chi connectivity index (χ0n) is 66.9. The Labute approximate surface area is 626 Å². The Morgan fingerprint density at radius 3 is 0.745 bits per heavy atom. The lowest BCUT2D eigenvalue weighted by Crippen LogP contribution is -2.30.